The molecule has 1 rings (SSSR count). The second-order valence-corrected chi connectivity index (χ2v) is 3.75. The van der Waals surface area contributed by atoms with Gasteiger partial charge < -0.3 is 22.0 Å². The van der Waals surface area contributed by atoms with Crippen molar-refractivity contribution in [2.24, 2.45) is 5.92 Å². The van der Waals surface area contributed by atoms with E-state index >= 15 is 0 Å². The fraction of sp³-hybridized carbons (Fsp3) is 0.875. The van der Waals surface area contributed by atoms with E-state index in [0.717, 1.165) is 12.5 Å². The predicted octanol–water partition coefficient (Wildman–Crippen LogP) is 2.40. The molecule has 90 valence electrons. The highest BCUT2D eigenvalue weighted by Gasteiger charge is 2.31. The number of hydrogen-bond acceptors (Lipinski definition) is 1. The standard InChI is InChI=1S/C8H16NO.BF4/c1-6(2)8-5-10-7(3)9(8)4;2-1(3,4)5/h6,8H,5H2,1-4H3;/q+1;-1/t8-;/m1./s1. The Morgan fingerprint density at radius 3 is 1.87 bits per heavy atom. The summed E-state index contributed by atoms with van der Waals surface area (Å²) in [6, 6.07) is 0.583. The van der Waals surface area contributed by atoms with Crippen molar-refractivity contribution in [2.75, 3.05) is 13.7 Å². The molecule has 1 atom stereocenters. The Hall–Kier alpha value is -0.745. The molecule has 1 aliphatic heterocycles. The van der Waals surface area contributed by atoms with Gasteiger partial charge in [-0.2, -0.15) is 4.58 Å². The molecule has 0 saturated carbocycles. The molecule has 0 amide bonds. The fourth-order valence-corrected chi connectivity index (χ4v) is 1.29. The van der Waals surface area contributed by atoms with Gasteiger partial charge in [-0.15, -0.1) is 0 Å². The van der Waals surface area contributed by atoms with Gasteiger partial charge in [-0.1, -0.05) is 13.8 Å². The van der Waals surface area contributed by atoms with Gasteiger partial charge in [-0.25, -0.2) is 0 Å². The van der Waals surface area contributed by atoms with Crippen LogP contribution in [0.2, 0.25) is 0 Å². The van der Waals surface area contributed by atoms with Crippen LogP contribution in [-0.4, -0.2) is 37.4 Å². The Morgan fingerprint density at radius 1 is 1.33 bits per heavy atom. The van der Waals surface area contributed by atoms with E-state index in [9.17, 15) is 17.3 Å². The van der Waals surface area contributed by atoms with E-state index in [-0.39, 0.29) is 0 Å². The van der Waals surface area contributed by atoms with Crippen LogP contribution in [-0.2, 0) is 4.74 Å². The van der Waals surface area contributed by atoms with Crippen molar-refractivity contribution in [3.05, 3.63) is 0 Å². The SMILES string of the molecule is CC1=[N+](C)[C@@H](C(C)C)CO1.F[B-](F)(F)F. The first kappa shape index (κ1) is 14.3. The molecule has 0 aliphatic carbocycles. The number of hydrogen-bond donors (Lipinski definition) is 0. The molecule has 2 nitrogen and oxygen atoms in total. The molecule has 7 heteroatoms. The third kappa shape index (κ3) is 6.35. The van der Waals surface area contributed by atoms with Gasteiger partial charge in [-0.3, -0.25) is 0 Å². The Bertz CT molecular complexity index is 233. The first-order chi connectivity index (χ1) is 6.63. The molecule has 15 heavy (non-hydrogen) atoms. The van der Waals surface area contributed by atoms with Crippen LogP contribution >= 0.6 is 0 Å². The number of rotatable bonds is 1. The van der Waals surface area contributed by atoms with E-state index in [1.807, 2.05) is 6.92 Å². The molecule has 0 unspecified atom stereocenters. The minimum atomic E-state index is -6.00. The van der Waals surface area contributed by atoms with E-state index in [0.29, 0.717) is 12.0 Å². The zero-order valence-electron chi connectivity index (χ0n) is 9.31. The molecule has 0 spiro atoms. The zero-order chi connectivity index (χ0) is 12.2. The van der Waals surface area contributed by atoms with E-state index in [2.05, 4.69) is 25.5 Å². The van der Waals surface area contributed by atoms with Crippen molar-refractivity contribution in [1.29, 1.82) is 0 Å². The number of likely N-dealkylation sites (N-methyl/N-ethyl adjacent to an activating group) is 1. The molecular formula is C8H16BF4NO. The molecule has 1 heterocycles. The minimum absolute atomic E-state index is 0.583. The maximum absolute atomic E-state index is 9.75. The Balaban J connectivity index is 0.000000336. The predicted molar refractivity (Wildman–Crippen MR) is 51.6 cm³/mol. The van der Waals surface area contributed by atoms with Crippen LogP contribution in [0.1, 0.15) is 20.8 Å². The van der Waals surface area contributed by atoms with Crippen LogP contribution < -0.4 is 0 Å². The van der Waals surface area contributed by atoms with Crippen LogP contribution in [0.5, 0.6) is 0 Å². The number of halogens is 4. The quantitative estimate of drug-likeness (QED) is 0.382. The van der Waals surface area contributed by atoms with Gasteiger partial charge in [-0.05, 0) is 0 Å². The van der Waals surface area contributed by atoms with E-state index in [4.69, 9.17) is 4.74 Å². The summed E-state index contributed by atoms with van der Waals surface area (Å²) in [4.78, 5) is 0. The molecule has 0 N–H and O–H groups in total. The van der Waals surface area contributed by atoms with Crippen LogP contribution in [0.4, 0.5) is 17.3 Å². The Morgan fingerprint density at radius 2 is 1.73 bits per heavy atom. The van der Waals surface area contributed by atoms with Gasteiger partial charge in [0.15, 0.2) is 12.6 Å². The van der Waals surface area contributed by atoms with Crippen molar-refractivity contribution in [1.82, 2.24) is 0 Å². The lowest BCUT2D eigenvalue weighted by molar-refractivity contribution is -0.535. The molecule has 0 bridgehead atoms. The van der Waals surface area contributed by atoms with Gasteiger partial charge in [0, 0.05) is 5.92 Å². The van der Waals surface area contributed by atoms with Crippen molar-refractivity contribution in [3.8, 4) is 0 Å². The normalized spacial score (nSPS) is 21.3. The molecule has 1 aliphatic rings. The first-order valence-electron chi connectivity index (χ1n) is 4.69. The highest BCUT2D eigenvalue weighted by atomic mass is 19.5. The van der Waals surface area contributed by atoms with Crippen LogP contribution in [0.15, 0.2) is 0 Å². The molecule has 0 radical (unpaired) electrons. The largest absolute Gasteiger partial charge is 0.673 e. The fourth-order valence-electron chi connectivity index (χ4n) is 1.29. The highest BCUT2D eigenvalue weighted by molar-refractivity contribution is 6.50. The summed E-state index contributed by atoms with van der Waals surface area (Å²) in [6.07, 6.45) is 0. The summed E-state index contributed by atoms with van der Waals surface area (Å²) in [6.45, 7) is 7.33. The summed E-state index contributed by atoms with van der Waals surface area (Å²) in [5, 5.41) is 0. The van der Waals surface area contributed by atoms with Crippen LogP contribution in [0, 0.1) is 5.92 Å². The summed E-state index contributed by atoms with van der Waals surface area (Å²) < 4.78 is 46.6. The third-order valence-corrected chi connectivity index (χ3v) is 2.23. The summed E-state index contributed by atoms with van der Waals surface area (Å²) in [7, 11) is -3.91. The van der Waals surface area contributed by atoms with Crippen LogP contribution in [0.25, 0.3) is 0 Å². The maximum atomic E-state index is 9.75. The average molecular weight is 229 g/mol. The minimum Gasteiger partial charge on any atom is -0.441 e. The van der Waals surface area contributed by atoms with Crippen molar-refractivity contribution in [2.45, 2.75) is 26.8 Å². The van der Waals surface area contributed by atoms with Crippen molar-refractivity contribution >= 4 is 13.2 Å². The Kier molecular flexibility index (Phi) is 5.10. The van der Waals surface area contributed by atoms with Gasteiger partial charge >= 0.3 is 13.2 Å². The smallest absolute Gasteiger partial charge is 0.441 e. The monoisotopic (exact) mass is 229 g/mol. The van der Waals surface area contributed by atoms with E-state index < -0.39 is 7.25 Å². The van der Waals surface area contributed by atoms with Crippen LogP contribution in [0.3, 0.4) is 0 Å². The highest BCUT2D eigenvalue weighted by Crippen LogP contribution is 2.11. The average Bonchev–Trinajstić information content (AvgIpc) is 2.29. The molecule has 0 aromatic heterocycles. The maximum Gasteiger partial charge on any atom is 0.673 e. The lowest BCUT2D eigenvalue weighted by atomic mass is 10.1. The van der Waals surface area contributed by atoms with Gasteiger partial charge in [0.1, 0.15) is 7.05 Å². The first-order valence-corrected chi connectivity index (χ1v) is 4.69. The lowest BCUT2D eigenvalue weighted by Crippen LogP contribution is -2.27. The summed E-state index contributed by atoms with van der Waals surface area (Å²) in [5.74, 6) is 1.74. The van der Waals surface area contributed by atoms with Gasteiger partial charge in [0.05, 0.1) is 6.92 Å². The molecule has 0 saturated heterocycles. The van der Waals surface area contributed by atoms with Gasteiger partial charge in [0.25, 0.3) is 0 Å². The topological polar surface area (TPSA) is 12.2 Å². The lowest BCUT2D eigenvalue weighted by Gasteiger charge is -2.07. The molecule has 0 aromatic carbocycles. The van der Waals surface area contributed by atoms with Crippen molar-refractivity contribution in [3.63, 3.8) is 0 Å². The number of ether oxygens (including phenoxy) is 1. The second-order valence-electron chi connectivity index (χ2n) is 3.75. The van der Waals surface area contributed by atoms with E-state index in [1.165, 1.54) is 0 Å². The number of nitrogens with zero attached hydrogens (tertiary/aromatic N) is 1. The second kappa shape index (κ2) is 5.37. The van der Waals surface area contributed by atoms with Crippen molar-refractivity contribution < 1.29 is 26.6 Å². The van der Waals surface area contributed by atoms with Gasteiger partial charge in [0.2, 0.25) is 0 Å². The Labute approximate surface area is 87.0 Å². The molecule has 0 aromatic rings. The van der Waals surface area contributed by atoms with E-state index in [1.54, 1.807) is 0 Å². The third-order valence-electron chi connectivity index (χ3n) is 2.23. The summed E-state index contributed by atoms with van der Waals surface area (Å²) in [5.41, 5.74) is 0. The molecule has 0 fully saturated rings. The summed E-state index contributed by atoms with van der Waals surface area (Å²) >= 11 is 0. The zero-order valence-corrected chi connectivity index (χ0v) is 9.31. The molecular weight excluding hydrogens is 213 g/mol.